The average molecular weight is 343 g/mol. The lowest BCUT2D eigenvalue weighted by atomic mass is 10.0. The Morgan fingerprint density at radius 1 is 1.18 bits per heavy atom. The molecular weight excluding hydrogens is 332 g/mol. The maximum atomic E-state index is 13.5. The maximum absolute atomic E-state index is 13.5. The van der Waals surface area contributed by atoms with Crippen LogP contribution in [0.3, 0.4) is 0 Å². The number of hydrogen-bond donors (Lipinski definition) is 1. The Morgan fingerprint density at radius 3 is 2.59 bits per heavy atom. The molecule has 0 heterocycles. The van der Waals surface area contributed by atoms with Gasteiger partial charge in [0.05, 0.1) is 0 Å². The molecule has 0 spiro atoms. The third-order valence-corrected chi connectivity index (χ3v) is 3.03. The summed E-state index contributed by atoms with van der Waals surface area (Å²) in [7, 11) is 0. The minimum absolute atomic E-state index is 0.155. The van der Waals surface area contributed by atoms with Crippen LogP contribution in [0.15, 0.2) is 36.4 Å². The number of alkyl halides is 1. The van der Waals surface area contributed by atoms with Gasteiger partial charge in [-0.3, -0.25) is 4.79 Å². The lowest BCUT2D eigenvalue weighted by Crippen LogP contribution is -2.25. The van der Waals surface area contributed by atoms with Crippen LogP contribution in [-0.2, 0) is 0 Å². The second kappa shape index (κ2) is 5.44. The lowest BCUT2D eigenvalue weighted by molar-refractivity contribution is 0.0958. The SMILES string of the molecule is O=C(NCCI)c1ccc(F)c2ccccc12. The normalized spacial score (nSPS) is 10.5. The number of carbonyl (C=O) groups is 1. The van der Waals surface area contributed by atoms with E-state index in [2.05, 4.69) is 27.9 Å². The summed E-state index contributed by atoms with van der Waals surface area (Å²) in [6.45, 7) is 0.616. The summed E-state index contributed by atoms with van der Waals surface area (Å²) < 4.78 is 14.4. The summed E-state index contributed by atoms with van der Waals surface area (Å²) in [6.07, 6.45) is 0. The van der Waals surface area contributed by atoms with Crippen molar-refractivity contribution < 1.29 is 9.18 Å². The van der Waals surface area contributed by atoms with Crippen LogP contribution in [0.25, 0.3) is 10.8 Å². The fraction of sp³-hybridized carbons (Fsp3) is 0.154. The van der Waals surface area contributed by atoms with E-state index in [-0.39, 0.29) is 11.7 Å². The molecule has 0 unspecified atom stereocenters. The molecule has 2 rings (SSSR count). The first kappa shape index (κ1) is 12.3. The average Bonchev–Trinajstić information content (AvgIpc) is 2.37. The van der Waals surface area contributed by atoms with Gasteiger partial charge in [0.25, 0.3) is 5.91 Å². The van der Waals surface area contributed by atoms with Crippen molar-refractivity contribution in [2.45, 2.75) is 0 Å². The molecule has 88 valence electrons. The van der Waals surface area contributed by atoms with Gasteiger partial charge in [0.1, 0.15) is 5.82 Å². The topological polar surface area (TPSA) is 29.1 Å². The third kappa shape index (κ3) is 2.57. The molecule has 2 aromatic rings. The Labute approximate surface area is 112 Å². The van der Waals surface area contributed by atoms with E-state index in [4.69, 9.17) is 0 Å². The van der Waals surface area contributed by atoms with Crippen molar-refractivity contribution in [1.82, 2.24) is 5.32 Å². The Bertz CT molecular complexity index is 556. The lowest BCUT2D eigenvalue weighted by Gasteiger charge is -2.07. The Balaban J connectivity index is 2.48. The van der Waals surface area contributed by atoms with Crippen LogP contribution in [0.4, 0.5) is 4.39 Å². The first-order chi connectivity index (χ1) is 8.24. The second-order valence-electron chi connectivity index (χ2n) is 3.59. The van der Waals surface area contributed by atoms with E-state index in [1.807, 2.05) is 0 Å². The van der Waals surface area contributed by atoms with Gasteiger partial charge in [-0.15, -0.1) is 0 Å². The van der Waals surface area contributed by atoms with Crippen LogP contribution in [0, 0.1) is 5.82 Å². The van der Waals surface area contributed by atoms with Crippen molar-refractivity contribution in [2.24, 2.45) is 0 Å². The quantitative estimate of drug-likeness (QED) is 0.673. The minimum atomic E-state index is -0.300. The van der Waals surface area contributed by atoms with Gasteiger partial charge in [0.15, 0.2) is 0 Å². The highest BCUT2D eigenvalue weighted by Gasteiger charge is 2.11. The second-order valence-corrected chi connectivity index (χ2v) is 4.66. The molecule has 2 nitrogen and oxygen atoms in total. The predicted octanol–water partition coefficient (Wildman–Crippen LogP) is 3.14. The third-order valence-electron chi connectivity index (χ3n) is 2.50. The number of halogens is 2. The molecule has 0 radical (unpaired) electrons. The minimum Gasteiger partial charge on any atom is -0.351 e. The van der Waals surface area contributed by atoms with Gasteiger partial charge in [-0.25, -0.2) is 4.39 Å². The van der Waals surface area contributed by atoms with Crippen LogP contribution in [0.2, 0.25) is 0 Å². The van der Waals surface area contributed by atoms with Crippen molar-refractivity contribution in [3.8, 4) is 0 Å². The summed E-state index contributed by atoms with van der Waals surface area (Å²) in [6, 6.07) is 9.87. The van der Waals surface area contributed by atoms with E-state index in [1.54, 1.807) is 24.3 Å². The fourth-order valence-corrected chi connectivity index (χ4v) is 1.99. The molecule has 17 heavy (non-hydrogen) atoms. The number of benzene rings is 2. The summed E-state index contributed by atoms with van der Waals surface area (Å²) in [4.78, 5) is 11.9. The zero-order valence-corrected chi connectivity index (χ0v) is 11.2. The highest BCUT2D eigenvalue weighted by molar-refractivity contribution is 14.1. The Kier molecular flexibility index (Phi) is 3.93. The zero-order chi connectivity index (χ0) is 12.3. The highest BCUT2D eigenvalue weighted by atomic mass is 127. The van der Waals surface area contributed by atoms with Crippen molar-refractivity contribution in [3.63, 3.8) is 0 Å². The van der Waals surface area contributed by atoms with Crippen LogP contribution >= 0.6 is 22.6 Å². The first-order valence-corrected chi connectivity index (χ1v) is 6.78. The Hall–Kier alpha value is -1.17. The highest BCUT2D eigenvalue weighted by Crippen LogP contribution is 2.21. The molecule has 0 aliphatic rings. The largest absolute Gasteiger partial charge is 0.351 e. The molecule has 1 N–H and O–H groups in total. The predicted molar refractivity (Wildman–Crippen MR) is 75.1 cm³/mol. The summed E-state index contributed by atoms with van der Waals surface area (Å²) >= 11 is 2.19. The number of rotatable bonds is 3. The van der Waals surface area contributed by atoms with E-state index in [1.165, 1.54) is 12.1 Å². The fourth-order valence-electron chi connectivity index (χ4n) is 1.72. The molecule has 2 aromatic carbocycles. The van der Waals surface area contributed by atoms with Crippen molar-refractivity contribution >= 4 is 39.3 Å². The molecule has 0 saturated carbocycles. The van der Waals surface area contributed by atoms with Crippen molar-refractivity contribution in [2.75, 3.05) is 11.0 Å². The summed E-state index contributed by atoms with van der Waals surface area (Å²) in [5.41, 5.74) is 0.520. The van der Waals surface area contributed by atoms with E-state index in [0.29, 0.717) is 22.9 Å². The molecule has 0 aromatic heterocycles. The number of nitrogens with one attached hydrogen (secondary N) is 1. The van der Waals surface area contributed by atoms with E-state index in [0.717, 1.165) is 4.43 Å². The molecule has 4 heteroatoms. The molecule has 1 amide bonds. The van der Waals surface area contributed by atoms with Crippen molar-refractivity contribution in [3.05, 3.63) is 47.8 Å². The monoisotopic (exact) mass is 343 g/mol. The van der Waals surface area contributed by atoms with E-state index in [9.17, 15) is 9.18 Å². The first-order valence-electron chi connectivity index (χ1n) is 5.25. The molecule has 0 saturated heterocycles. The molecule has 0 bridgehead atoms. The van der Waals surface area contributed by atoms with Crippen LogP contribution in [0.1, 0.15) is 10.4 Å². The van der Waals surface area contributed by atoms with Gasteiger partial charge in [-0.2, -0.15) is 0 Å². The standard InChI is InChI=1S/C13H11FINO/c14-12-6-5-11(13(17)16-8-7-15)9-3-1-2-4-10(9)12/h1-6H,7-8H2,(H,16,17). The van der Waals surface area contributed by atoms with Crippen LogP contribution in [0.5, 0.6) is 0 Å². The Morgan fingerprint density at radius 2 is 1.88 bits per heavy atom. The number of fused-ring (bicyclic) bond motifs is 1. The van der Waals surface area contributed by atoms with Gasteiger partial charge in [-0.05, 0) is 17.5 Å². The van der Waals surface area contributed by atoms with Crippen LogP contribution in [-0.4, -0.2) is 16.9 Å². The molecular formula is C13H11FINO. The number of hydrogen-bond acceptors (Lipinski definition) is 1. The smallest absolute Gasteiger partial charge is 0.251 e. The molecule has 0 aliphatic carbocycles. The van der Waals surface area contributed by atoms with Gasteiger partial charge >= 0.3 is 0 Å². The molecule has 0 atom stereocenters. The van der Waals surface area contributed by atoms with Gasteiger partial charge in [0, 0.05) is 21.9 Å². The number of carbonyl (C=O) groups excluding carboxylic acids is 1. The van der Waals surface area contributed by atoms with E-state index >= 15 is 0 Å². The van der Waals surface area contributed by atoms with Gasteiger partial charge in [0.2, 0.25) is 0 Å². The summed E-state index contributed by atoms with van der Waals surface area (Å²) in [5.74, 6) is -0.455. The van der Waals surface area contributed by atoms with E-state index < -0.39 is 0 Å². The van der Waals surface area contributed by atoms with Gasteiger partial charge < -0.3 is 5.32 Å². The van der Waals surface area contributed by atoms with Crippen molar-refractivity contribution in [1.29, 1.82) is 0 Å². The number of amides is 1. The summed E-state index contributed by atoms with van der Waals surface area (Å²) in [5, 5.41) is 3.92. The maximum Gasteiger partial charge on any atom is 0.251 e. The molecule has 0 fully saturated rings. The van der Waals surface area contributed by atoms with Crippen LogP contribution < -0.4 is 5.32 Å². The molecule has 0 aliphatic heterocycles. The zero-order valence-electron chi connectivity index (χ0n) is 9.04. The van der Waals surface area contributed by atoms with Gasteiger partial charge in [-0.1, -0.05) is 46.9 Å².